The SMILES string of the molecule is CC(C[N+](=O)[O-])C(=O)C(=O)c1c(O)c(C=O)c(O)c(C=O)c1O. The standard InChI is InChI=1S/C13H11NO9/c1-5(2-14(22)23)9(17)13(21)8-11(19)6(3-15)10(18)7(4-16)12(8)20/h3-5,18-20H,2H2,1H3. The molecule has 0 spiro atoms. The van der Waals surface area contributed by atoms with E-state index in [1.807, 2.05) is 0 Å². The normalized spacial score (nSPS) is 11.5. The maximum absolute atomic E-state index is 12.1. The molecule has 0 saturated heterocycles. The van der Waals surface area contributed by atoms with Gasteiger partial charge in [0.2, 0.25) is 18.1 Å². The second-order valence-corrected chi connectivity index (χ2v) is 4.59. The molecule has 0 aliphatic heterocycles. The lowest BCUT2D eigenvalue weighted by atomic mass is 9.93. The van der Waals surface area contributed by atoms with Crippen LogP contribution >= 0.6 is 0 Å². The highest BCUT2D eigenvalue weighted by Gasteiger charge is 2.34. The van der Waals surface area contributed by atoms with Gasteiger partial charge < -0.3 is 15.3 Å². The number of phenolic OH excluding ortho intramolecular Hbond substituents is 3. The molecule has 23 heavy (non-hydrogen) atoms. The largest absolute Gasteiger partial charge is 0.506 e. The van der Waals surface area contributed by atoms with Crippen molar-refractivity contribution >= 4 is 24.1 Å². The van der Waals surface area contributed by atoms with Gasteiger partial charge in [-0.3, -0.25) is 29.3 Å². The first kappa shape index (κ1) is 17.8. The van der Waals surface area contributed by atoms with Gasteiger partial charge in [-0.25, -0.2) is 0 Å². The van der Waals surface area contributed by atoms with Crippen LogP contribution in [0.15, 0.2) is 0 Å². The Labute approximate surface area is 128 Å². The van der Waals surface area contributed by atoms with Gasteiger partial charge in [0.05, 0.1) is 17.0 Å². The molecule has 0 bridgehead atoms. The molecule has 0 fully saturated rings. The lowest BCUT2D eigenvalue weighted by Gasteiger charge is -2.13. The summed E-state index contributed by atoms with van der Waals surface area (Å²) in [5, 5.41) is 39.5. The Morgan fingerprint density at radius 1 is 1.09 bits per heavy atom. The van der Waals surface area contributed by atoms with Gasteiger partial charge in [-0.1, -0.05) is 0 Å². The molecule has 1 rings (SSSR count). The molecule has 1 aromatic carbocycles. The highest BCUT2D eigenvalue weighted by atomic mass is 16.6. The number of carbonyl (C=O) groups excluding carboxylic acids is 4. The van der Waals surface area contributed by atoms with Gasteiger partial charge in [0.15, 0.2) is 12.6 Å². The van der Waals surface area contributed by atoms with Gasteiger partial charge in [-0.05, 0) is 6.92 Å². The van der Waals surface area contributed by atoms with Crippen LogP contribution in [0.1, 0.15) is 38.0 Å². The molecule has 10 nitrogen and oxygen atoms in total. The Kier molecular flexibility index (Phi) is 5.13. The second kappa shape index (κ2) is 6.64. The minimum atomic E-state index is -1.53. The molecule has 1 atom stereocenters. The summed E-state index contributed by atoms with van der Waals surface area (Å²) in [6.45, 7) is 0.212. The third-order valence-corrected chi connectivity index (χ3v) is 3.05. The second-order valence-electron chi connectivity index (χ2n) is 4.59. The Morgan fingerprint density at radius 2 is 1.52 bits per heavy atom. The van der Waals surface area contributed by atoms with E-state index in [0.717, 1.165) is 6.92 Å². The van der Waals surface area contributed by atoms with E-state index in [9.17, 15) is 44.6 Å². The predicted molar refractivity (Wildman–Crippen MR) is 72.6 cm³/mol. The van der Waals surface area contributed by atoms with E-state index in [1.54, 1.807) is 0 Å². The maximum Gasteiger partial charge on any atom is 0.236 e. The molecule has 122 valence electrons. The number of nitrogens with zero attached hydrogens (tertiary/aromatic N) is 1. The number of aldehydes is 2. The molecular formula is C13H11NO9. The summed E-state index contributed by atoms with van der Waals surface area (Å²) < 4.78 is 0. The molecule has 0 saturated carbocycles. The zero-order valence-electron chi connectivity index (χ0n) is 11.7. The van der Waals surface area contributed by atoms with Crippen LogP contribution < -0.4 is 0 Å². The van der Waals surface area contributed by atoms with Crippen molar-refractivity contribution in [3.8, 4) is 17.2 Å². The summed E-state index contributed by atoms with van der Waals surface area (Å²) in [7, 11) is 0. The summed E-state index contributed by atoms with van der Waals surface area (Å²) in [5.74, 6) is -7.68. The van der Waals surface area contributed by atoms with Crippen LogP contribution in [0.2, 0.25) is 0 Å². The zero-order chi connectivity index (χ0) is 17.9. The molecular weight excluding hydrogens is 314 g/mol. The fraction of sp³-hybridized carbons (Fsp3) is 0.231. The third kappa shape index (κ3) is 3.15. The van der Waals surface area contributed by atoms with Crippen LogP contribution in [0.4, 0.5) is 0 Å². The third-order valence-electron chi connectivity index (χ3n) is 3.05. The first-order valence-electron chi connectivity index (χ1n) is 6.08. The fourth-order valence-electron chi connectivity index (χ4n) is 1.84. The first-order valence-corrected chi connectivity index (χ1v) is 6.08. The number of phenols is 3. The quantitative estimate of drug-likeness (QED) is 0.206. The summed E-state index contributed by atoms with van der Waals surface area (Å²) in [4.78, 5) is 55.1. The minimum absolute atomic E-state index is 0.0845. The van der Waals surface area contributed by atoms with Crippen LogP contribution in [0, 0.1) is 16.0 Å². The fourth-order valence-corrected chi connectivity index (χ4v) is 1.84. The number of nitro groups is 1. The number of aromatic hydroxyl groups is 3. The predicted octanol–water partition coefficient (Wildman–Crippen LogP) is 0.0930. The van der Waals surface area contributed by atoms with E-state index in [2.05, 4.69) is 0 Å². The van der Waals surface area contributed by atoms with Crippen molar-refractivity contribution < 1.29 is 39.4 Å². The van der Waals surface area contributed by atoms with E-state index in [4.69, 9.17) is 0 Å². The minimum Gasteiger partial charge on any atom is -0.506 e. The molecule has 0 aliphatic rings. The van der Waals surface area contributed by atoms with Gasteiger partial charge in [0.1, 0.15) is 22.8 Å². The number of hydrogen-bond donors (Lipinski definition) is 3. The monoisotopic (exact) mass is 325 g/mol. The zero-order valence-corrected chi connectivity index (χ0v) is 11.7. The number of ketones is 2. The molecule has 1 aromatic rings. The van der Waals surface area contributed by atoms with Crippen LogP contribution in [0.5, 0.6) is 17.2 Å². The van der Waals surface area contributed by atoms with Gasteiger partial charge in [0.25, 0.3) is 0 Å². The Bertz CT molecular complexity index is 688. The van der Waals surface area contributed by atoms with E-state index in [1.165, 1.54) is 0 Å². The van der Waals surface area contributed by atoms with Crippen molar-refractivity contribution in [2.45, 2.75) is 6.92 Å². The Balaban J connectivity index is 3.51. The van der Waals surface area contributed by atoms with Crippen LogP contribution in [0.3, 0.4) is 0 Å². The lowest BCUT2D eigenvalue weighted by Crippen LogP contribution is -2.27. The van der Waals surface area contributed by atoms with E-state index < -0.39 is 62.9 Å². The smallest absolute Gasteiger partial charge is 0.236 e. The van der Waals surface area contributed by atoms with Crippen molar-refractivity contribution in [2.75, 3.05) is 6.54 Å². The van der Waals surface area contributed by atoms with Crippen LogP contribution in [-0.2, 0) is 4.79 Å². The maximum atomic E-state index is 12.1. The van der Waals surface area contributed by atoms with Gasteiger partial charge in [-0.2, -0.15) is 0 Å². The average molecular weight is 325 g/mol. The summed E-state index contributed by atoms with van der Waals surface area (Å²) >= 11 is 0. The molecule has 3 N–H and O–H groups in total. The molecule has 10 heteroatoms. The van der Waals surface area contributed by atoms with E-state index in [0.29, 0.717) is 0 Å². The molecule has 0 amide bonds. The lowest BCUT2D eigenvalue weighted by molar-refractivity contribution is -0.484. The summed E-state index contributed by atoms with van der Waals surface area (Å²) in [5.41, 5.74) is -2.82. The molecule has 0 heterocycles. The summed E-state index contributed by atoms with van der Waals surface area (Å²) in [6, 6.07) is 0. The summed E-state index contributed by atoms with van der Waals surface area (Å²) in [6.07, 6.45) is -0.169. The Hall–Kier alpha value is -3.30. The van der Waals surface area contributed by atoms with Gasteiger partial charge in [-0.15, -0.1) is 0 Å². The molecule has 0 radical (unpaired) electrons. The van der Waals surface area contributed by atoms with Gasteiger partial charge >= 0.3 is 0 Å². The van der Waals surface area contributed by atoms with Crippen LogP contribution in [-0.4, -0.2) is 50.9 Å². The van der Waals surface area contributed by atoms with Crippen LogP contribution in [0.25, 0.3) is 0 Å². The van der Waals surface area contributed by atoms with Crippen molar-refractivity contribution in [3.63, 3.8) is 0 Å². The number of Topliss-reactive ketones (excluding diaryl/α,β-unsaturated/α-hetero) is 2. The van der Waals surface area contributed by atoms with Crippen molar-refractivity contribution in [1.82, 2.24) is 0 Å². The average Bonchev–Trinajstić information content (AvgIpc) is 2.46. The number of benzene rings is 1. The number of rotatable bonds is 7. The van der Waals surface area contributed by atoms with Crippen molar-refractivity contribution in [1.29, 1.82) is 0 Å². The molecule has 0 aliphatic carbocycles. The number of hydrogen-bond acceptors (Lipinski definition) is 9. The van der Waals surface area contributed by atoms with Crippen molar-refractivity contribution in [3.05, 3.63) is 26.8 Å². The van der Waals surface area contributed by atoms with Crippen molar-refractivity contribution in [2.24, 2.45) is 5.92 Å². The molecule has 0 aromatic heterocycles. The van der Waals surface area contributed by atoms with E-state index >= 15 is 0 Å². The number of carbonyl (C=O) groups is 4. The molecule has 1 unspecified atom stereocenters. The topological polar surface area (TPSA) is 172 Å². The highest BCUT2D eigenvalue weighted by molar-refractivity contribution is 6.46. The van der Waals surface area contributed by atoms with Gasteiger partial charge in [0, 0.05) is 4.92 Å². The Morgan fingerprint density at radius 3 is 1.87 bits per heavy atom. The van der Waals surface area contributed by atoms with E-state index in [-0.39, 0.29) is 12.6 Å². The highest BCUT2D eigenvalue weighted by Crippen LogP contribution is 2.40. The first-order chi connectivity index (χ1) is 10.7.